The Labute approximate surface area is 152 Å². The quantitative estimate of drug-likeness (QED) is 0.470. The van der Waals surface area contributed by atoms with Gasteiger partial charge in [-0.1, -0.05) is 17.7 Å². The van der Waals surface area contributed by atoms with Gasteiger partial charge in [-0.3, -0.25) is 24.6 Å². The largest absolute Gasteiger partial charge is 0.491 e. The lowest BCUT2D eigenvalue weighted by Crippen LogP contribution is -2.39. The Morgan fingerprint density at radius 2 is 1.85 bits per heavy atom. The zero-order valence-electron chi connectivity index (χ0n) is 13.3. The lowest BCUT2D eigenvalue weighted by molar-refractivity contribution is -0.385. The lowest BCUT2D eigenvalue weighted by atomic mass is 10.1. The van der Waals surface area contributed by atoms with Gasteiger partial charge in [-0.15, -0.1) is 0 Å². The molecule has 8 nitrogen and oxygen atoms in total. The third-order valence-corrected chi connectivity index (χ3v) is 4.08. The van der Waals surface area contributed by atoms with Gasteiger partial charge in [0.1, 0.15) is 24.0 Å². The molecule has 0 aromatic heterocycles. The molecule has 2 amide bonds. The summed E-state index contributed by atoms with van der Waals surface area (Å²) in [7, 11) is 0. The molecule has 0 bridgehead atoms. The van der Waals surface area contributed by atoms with Crippen LogP contribution in [0.25, 0.3) is 0 Å². The summed E-state index contributed by atoms with van der Waals surface area (Å²) in [5.74, 6) is -1.02. The molecule has 0 spiro atoms. The molecular weight excluding hydrogens is 364 g/mol. The smallest absolute Gasteiger partial charge is 0.282 e. The molecule has 3 rings (SSSR count). The molecule has 1 atom stereocenters. The van der Waals surface area contributed by atoms with Crippen LogP contribution in [0.2, 0.25) is 5.02 Å². The van der Waals surface area contributed by atoms with Crippen molar-refractivity contribution in [1.82, 2.24) is 4.90 Å². The van der Waals surface area contributed by atoms with E-state index in [-0.39, 0.29) is 24.3 Å². The fraction of sp³-hybridized carbons (Fsp3) is 0.176. The van der Waals surface area contributed by atoms with E-state index in [4.69, 9.17) is 16.3 Å². The van der Waals surface area contributed by atoms with Gasteiger partial charge in [0.15, 0.2) is 0 Å². The summed E-state index contributed by atoms with van der Waals surface area (Å²) in [6.45, 7) is -0.506. The number of carbonyl (C=O) groups is 2. The molecule has 1 aliphatic rings. The second kappa shape index (κ2) is 7.11. The number of hydrogen-bond acceptors (Lipinski definition) is 6. The van der Waals surface area contributed by atoms with Crippen LogP contribution in [0.4, 0.5) is 5.69 Å². The van der Waals surface area contributed by atoms with Gasteiger partial charge in [0.05, 0.1) is 17.0 Å². The van der Waals surface area contributed by atoms with E-state index in [9.17, 15) is 24.8 Å². The number of ether oxygens (including phenoxy) is 1. The molecule has 0 aliphatic carbocycles. The van der Waals surface area contributed by atoms with Crippen molar-refractivity contribution in [1.29, 1.82) is 0 Å². The third kappa shape index (κ3) is 3.37. The summed E-state index contributed by atoms with van der Waals surface area (Å²) in [5.41, 5.74) is -0.737. The van der Waals surface area contributed by atoms with Gasteiger partial charge in [0.25, 0.3) is 17.5 Å². The van der Waals surface area contributed by atoms with Crippen molar-refractivity contribution in [3.63, 3.8) is 0 Å². The Bertz CT molecular complexity index is 883. The Hall–Kier alpha value is -2.97. The van der Waals surface area contributed by atoms with Crippen LogP contribution < -0.4 is 4.74 Å². The normalized spacial score (nSPS) is 14.3. The number of carbonyl (C=O) groups excluding carboxylic acids is 2. The van der Waals surface area contributed by atoms with Gasteiger partial charge >= 0.3 is 0 Å². The van der Waals surface area contributed by atoms with Gasteiger partial charge in [-0.05, 0) is 30.3 Å². The molecule has 0 saturated heterocycles. The van der Waals surface area contributed by atoms with E-state index >= 15 is 0 Å². The summed E-state index contributed by atoms with van der Waals surface area (Å²) in [4.78, 5) is 35.9. The van der Waals surface area contributed by atoms with E-state index < -0.39 is 28.5 Å². The summed E-state index contributed by atoms with van der Waals surface area (Å²) >= 11 is 5.76. The molecule has 9 heteroatoms. The maximum absolute atomic E-state index is 12.4. The highest BCUT2D eigenvalue weighted by atomic mass is 35.5. The van der Waals surface area contributed by atoms with Crippen LogP contribution >= 0.6 is 11.6 Å². The summed E-state index contributed by atoms with van der Waals surface area (Å²) in [5, 5.41) is 21.7. The molecule has 134 valence electrons. The van der Waals surface area contributed by atoms with E-state index in [0.717, 1.165) is 11.0 Å². The number of rotatable bonds is 6. The van der Waals surface area contributed by atoms with E-state index in [2.05, 4.69) is 0 Å². The number of β-amino-alcohol motifs (C(OH)–C–C–N with tert-alkyl or cyclic N) is 1. The summed E-state index contributed by atoms with van der Waals surface area (Å²) < 4.78 is 5.38. The molecule has 0 unspecified atom stereocenters. The average molecular weight is 377 g/mol. The minimum atomic E-state index is -1.16. The maximum atomic E-state index is 12.4. The first-order valence-corrected chi connectivity index (χ1v) is 7.96. The first-order valence-electron chi connectivity index (χ1n) is 7.58. The fourth-order valence-corrected chi connectivity index (χ4v) is 2.75. The van der Waals surface area contributed by atoms with Crippen LogP contribution in [0.15, 0.2) is 42.5 Å². The van der Waals surface area contributed by atoms with Gasteiger partial charge < -0.3 is 9.84 Å². The number of amides is 2. The Morgan fingerprint density at radius 3 is 2.50 bits per heavy atom. The second-order valence-corrected chi connectivity index (χ2v) is 6.03. The molecule has 0 fully saturated rings. The van der Waals surface area contributed by atoms with Gasteiger partial charge in [-0.25, -0.2) is 0 Å². The average Bonchev–Trinajstić information content (AvgIpc) is 2.86. The number of nitrogens with zero attached hydrogens (tertiary/aromatic N) is 2. The predicted octanol–water partition coefficient (Wildman–Crippen LogP) is 2.28. The molecule has 26 heavy (non-hydrogen) atoms. The van der Waals surface area contributed by atoms with Crippen molar-refractivity contribution >= 4 is 29.1 Å². The van der Waals surface area contributed by atoms with Crippen LogP contribution in [0, 0.1) is 10.1 Å². The number of halogens is 1. The Morgan fingerprint density at radius 1 is 1.15 bits per heavy atom. The number of nitro groups is 1. The van der Waals surface area contributed by atoms with Crippen molar-refractivity contribution < 1.29 is 24.4 Å². The second-order valence-electron chi connectivity index (χ2n) is 5.60. The first kappa shape index (κ1) is 17.8. The number of fused-ring (bicyclic) bond motifs is 1. The van der Waals surface area contributed by atoms with Crippen molar-refractivity contribution in [2.45, 2.75) is 6.10 Å². The zero-order valence-corrected chi connectivity index (χ0v) is 14.0. The molecule has 0 radical (unpaired) electrons. The van der Waals surface area contributed by atoms with Crippen molar-refractivity contribution in [2.24, 2.45) is 0 Å². The van der Waals surface area contributed by atoms with Gasteiger partial charge in [0.2, 0.25) is 0 Å². The Kier molecular flexibility index (Phi) is 4.88. The van der Waals surface area contributed by atoms with Crippen molar-refractivity contribution in [2.75, 3.05) is 13.2 Å². The first-order chi connectivity index (χ1) is 12.4. The number of aliphatic hydroxyl groups is 1. The minimum absolute atomic E-state index is 0.0463. The highest BCUT2D eigenvalue weighted by molar-refractivity contribution is 6.30. The van der Waals surface area contributed by atoms with E-state index in [1.807, 2.05) is 0 Å². The van der Waals surface area contributed by atoms with Gasteiger partial charge in [0, 0.05) is 11.1 Å². The summed E-state index contributed by atoms with van der Waals surface area (Å²) in [6, 6.07) is 10.3. The maximum Gasteiger partial charge on any atom is 0.282 e. The highest BCUT2D eigenvalue weighted by Crippen LogP contribution is 2.30. The molecule has 0 saturated carbocycles. The SMILES string of the molecule is O=C1c2cccc([N+](=O)[O-])c2C(=O)N1C[C@H](O)COc1ccc(Cl)cc1. The lowest BCUT2D eigenvalue weighted by Gasteiger charge is -2.18. The predicted molar refractivity (Wildman–Crippen MR) is 91.4 cm³/mol. The highest BCUT2D eigenvalue weighted by Gasteiger charge is 2.41. The number of nitro benzene ring substituents is 1. The fourth-order valence-electron chi connectivity index (χ4n) is 2.62. The van der Waals surface area contributed by atoms with Crippen LogP contribution in [0.3, 0.4) is 0 Å². The topological polar surface area (TPSA) is 110 Å². The van der Waals surface area contributed by atoms with Crippen LogP contribution in [-0.4, -0.2) is 46.0 Å². The van der Waals surface area contributed by atoms with E-state index in [0.29, 0.717) is 10.8 Å². The molecule has 1 heterocycles. The van der Waals surface area contributed by atoms with Crippen LogP contribution in [-0.2, 0) is 0 Å². The molecule has 2 aromatic carbocycles. The monoisotopic (exact) mass is 376 g/mol. The van der Waals surface area contributed by atoms with Gasteiger partial charge in [-0.2, -0.15) is 0 Å². The molecule has 1 N–H and O–H groups in total. The van der Waals surface area contributed by atoms with Crippen molar-refractivity contribution in [3.05, 3.63) is 68.7 Å². The zero-order chi connectivity index (χ0) is 18.8. The van der Waals surface area contributed by atoms with Crippen LogP contribution in [0.1, 0.15) is 20.7 Å². The van der Waals surface area contributed by atoms with Crippen molar-refractivity contribution in [3.8, 4) is 5.75 Å². The number of imide groups is 1. The standard InChI is InChI=1S/C17H13ClN2O6/c18-10-4-6-12(7-5-10)26-9-11(21)8-19-16(22)13-2-1-3-14(20(24)25)15(13)17(19)23/h1-7,11,21H,8-9H2/t11-/m0/s1. The number of aliphatic hydroxyl groups excluding tert-OH is 1. The number of hydrogen-bond donors (Lipinski definition) is 1. The number of benzene rings is 2. The van der Waals surface area contributed by atoms with E-state index in [1.165, 1.54) is 12.1 Å². The summed E-state index contributed by atoms with van der Waals surface area (Å²) in [6.07, 6.45) is -1.16. The van der Waals surface area contributed by atoms with Crippen LogP contribution in [0.5, 0.6) is 5.75 Å². The minimum Gasteiger partial charge on any atom is -0.491 e. The third-order valence-electron chi connectivity index (χ3n) is 3.82. The molecular formula is C17H13ClN2O6. The Balaban J connectivity index is 1.69. The molecule has 1 aliphatic heterocycles. The van der Waals surface area contributed by atoms with E-state index in [1.54, 1.807) is 24.3 Å². The molecule has 2 aromatic rings.